The van der Waals surface area contributed by atoms with Gasteiger partial charge in [-0.05, 0) is 55.7 Å². The van der Waals surface area contributed by atoms with Crippen molar-refractivity contribution in [1.29, 1.82) is 0 Å². The SMILES string of the molecule is Cc1ccc(F)c(NC(=O)C2CCN(S(=O)(=O)c3cccc(C(F)(F)F)c3)CC2)c1. The number of carbonyl (C=O) groups excluding carboxylic acids is 1. The van der Waals surface area contributed by atoms with Crippen molar-refractivity contribution in [2.75, 3.05) is 18.4 Å². The molecule has 1 N–H and O–H groups in total. The highest BCUT2D eigenvalue weighted by Crippen LogP contribution is 2.32. The van der Waals surface area contributed by atoms with Gasteiger partial charge in [-0.3, -0.25) is 4.79 Å². The summed E-state index contributed by atoms with van der Waals surface area (Å²) in [5.74, 6) is -1.52. The van der Waals surface area contributed by atoms with Crippen molar-refractivity contribution < 1.29 is 30.8 Å². The van der Waals surface area contributed by atoms with Gasteiger partial charge in [0.15, 0.2) is 0 Å². The molecule has 3 rings (SSSR count). The van der Waals surface area contributed by atoms with E-state index < -0.39 is 44.3 Å². The summed E-state index contributed by atoms with van der Waals surface area (Å²) in [5.41, 5.74) is -0.217. The Hall–Kier alpha value is -2.46. The average Bonchev–Trinajstić information content (AvgIpc) is 2.70. The first kappa shape index (κ1) is 22.2. The van der Waals surface area contributed by atoms with Gasteiger partial charge in [0.2, 0.25) is 15.9 Å². The summed E-state index contributed by atoms with van der Waals surface area (Å²) in [6.07, 6.45) is -4.30. The van der Waals surface area contributed by atoms with Crippen molar-refractivity contribution in [2.24, 2.45) is 5.92 Å². The number of rotatable bonds is 4. The Kier molecular flexibility index (Phi) is 6.19. The van der Waals surface area contributed by atoms with Gasteiger partial charge in [0.1, 0.15) is 5.82 Å². The first-order valence-corrected chi connectivity index (χ1v) is 10.7. The molecule has 0 spiro atoms. The van der Waals surface area contributed by atoms with Crippen LogP contribution in [0.25, 0.3) is 0 Å². The summed E-state index contributed by atoms with van der Waals surface area (Å²) in [6.45, 7) is 1.71. The van der Waals surface area contributed by atoms with Crippen molar-refractivity contribution in [1.82, 2.24) is 4.31 Å². The minimum absolute atomic E-state index is 0.0209. The van der Waals surface area contributed by atoms with E-state index in [0.717, 1.165) is 28.1 Å². The molecule has 30 heavy (non-hydrogen) atoms. The van der Waals surface area contributed by atoms with E-state index in [1.165, 1.54) is 12.1 Å². The molecule has 10 heteroatoms. The van der Waals surface area contributed by atoms with E-state index in [2.05, 4.69) is 5.32 Å². The smallest absolute Gasteiger partial charge is 0.323 e. The third-order valence-electron chi connectivity index (χ3n) is 5.00. The molecular formula is C20H20F4N2O3S. The third kappa shape index (κ3) is 4.81. The highest BCUT2D eigenvalue weighted by atomic mass is 32.2. The molecular weight excluding hydrogens is 424 g/mol. The molecule has 0 unspecified atom stereocenters. The molecule has 1 aliphatic heterocycles. The summed E-state index contributed by atoms with van der Waals surface area (Å²) in [4.78, 5) is 12.0. The van der Waals surface area contributed by atoms with E-state index in [1.807, 2.05) is 0 Å². The van der Waals surface area contributed by atoms with Crippen LogP contribution in [0.2, 0.25) is 0 Å². The molecule has 0 saturated carbocycles. The second kappa shape index (κ2) is 8.35. The Morgan fingerprint density at radius 3 is 2.40 bits per heavy atom. The second-order valence-electron chi connectivity index (χ2n) is 7.18. The van der Waals surface area contributed by atoms with Crippen LogP contribution in [0.5, 0.6) is 0 Å². The first-order valence-electron chi connectivity index (χ1n) is 9.23. The summed E-state index contributed by atoms with van der Waals surface area (Å²) >= 11 is 0. The van der Waals surface area contributed by atoms with Crippen LogP contribution in [0.3, 0.4) is 0 Å². The van der Waals surface area contributed by atoms with Gasteiger partial charge < -0.3 is 5.32 Å². The fourth-order valence-electron chi connectivity index (χ4n) is 3.31. The molecule has 0 aromatic heterocycles. The number of nitrogens with zero attached hydrogens (tertiary/aromatic N) is 1. The van der Waals surface area contributed by atoms with Crippen LogP contribution in [-0.2, 0) is 21.0 Å². The Morgan fingerprint density at radius 2 is 1.77 bits per heavy atom. The number of piperidine rings is 1. The number of amides is 1. The van der Waals surface area contributed by atoms with E-state index in [-0.39, 0.29) is 31.6 Å². The standard InChI is InChI=1S/C20H20F4N2O3S/c1-13-5-6-17(21)18(11-13)25-19(27)14-7-9-26(10-8-14)30(28,29)16-4-2-3-15(12-16)20(22,23)24/h2-6,11-12,14H,7-10H2,1H3,(H,25,27). The lowest BCUT2D eigenvalue weighted by Gasteiger charge is -2.30. The third-order valence-corrected chi connectivity index (χ3v) is 6.90. The lowest BCUT2D eigenvalue weighted by atomic mass is 9.97. The molecule has 1 amide bonds. The van der Waals surface area contributed by atoms with Gasteiger partial charge >= 0.3 is 6.18 Å². The average molecular weight is 444 g/mol. The van der Waals surface area contributed by atoms with Gasteiger partial charge in [-0.15, -0.1) is 0 Å². The number of nitrogens with one attached hydrogen (secondary N) is 1. The zero-order chi connectivity index (χ0) is 22.1. The van der Waals surface area contributed by atoms with Crippen molar-refractivity contribution in [2.45, 2.75) is 30.8 Å². The number of hydrogen-bond acceptors (Lipinski definition) is 3. The highest BCUT2D eigenvalue weighted by Gasteiger charge is 2.35. The summed E-state index contributed by atoms with van der Waals surface area (Å²) < 4.78 is 79.0. The predicted octanol–water partition coefficient (Wildman–Crippen LogP) is 4.19. The van der Waals surface area contributed by atoms with Crippen LogP contribution in [0.1, 0.15) is 24.0 Å². The van der Waals surface area contributed by atoms with Crippen LogP contribution in [0.4, 0.5) is 23.2 Å². The monoisotopic (exact) mass is 444 g/mol. The van der Waals surface area contributed by atoms with Crippen molar-refractivity contribution in [3.8, 4) is 0 Å². The maximum absolute atomic E-state index is 13.8. The van der Waals surface area contributed by atoms with Gasteiger partial charge in [-0.25, -0.2) is 12.8 Å². The Bertz CT molecular complexity index is 1050. The molecule has 0 radical (unpaired) electrons. The molecule has 0 atom stereocenters. The van der Waals surface area contributed by atoms with Crippen molar-refractivity contribution in [3.05, 3.63) is 59.4 Å². The van der Waals surface area contributed by atoms with Crippen LogP contribution >= 0.6 is 0 Å². The quantitative estimate of drug-likeness (QED) is 0.719. The second-order valence-corrected chi connectivity index (χ2v) is 9.11. The maximum Gasteiger partial charge on any atom is 0.416 e. The van der Waals surface area contributed by atoms with Crippen molar-refractivity contribution >= 4 is 21.6 Å². The molecule has 2 aromatic rings. The predicted molar refractivity (Wildman–Crippen MR) is 103 cm³/mol. The number of halogens is 4. The van der Waals surface area contributed by atoms with Gasteiger partial charge in [-0.1, -0.05) is 12.1 Å². The molecule has 2 aromatic carbocycles. The molecule has 1 aliphatic rings. The number of benzene rings is 2. The van der Waals surface area contributed by atoms with Crippen LogP contribution < -0.4 is 5.32 Å². The highest BCUT2D eigenvalue weighted by molar-refractivity contribution is 7.89. The Balaban J connectivity index is 1.67. The minimum atomic E-state index is -4.65. The zero-order valence-electron chi connectivity index (χ0n) is 16.0. The van der Waals surface area contributed by atoms with E-state index in [1.54, 1.807) is 13.0 Å². The topological polar surface area (TPSA) is 66.5 Å². The number of sulfonamides is 1. The maximum atomic E-state index is 13.8. The number of aryl methyl sites for hydroxylation is 1. The van der Waals surface area contributed by atoms with Crippen LogP contribution in [0.15, 0.2) is 47.4 Å². The van der Waals surface area contributed by atoms with Gasteiger partial charge in [-0.2, -0.15) is 17.5 Å². The molecule has 1 saturated heterocycles. The fourth-order valence-corrected chi connectivity index (χ4v) is 4.83. The normalized spacial score (nSPS) is 16.4. The Labute approximate surface area is 171 Å². The minimum Gasteiger partial charge on any atom is -0.323 e. The van der Waals surface area contributed by atoms with Crippen molar-refractivity contribution in [3.63, 3.8) is 0 Å². The van der Waals surface area contributed by atoms with E-state index in [9.17, 15) is 30.8 Å². The summed E-state index contributed by atoms with van der Waals surface area (Å²) in [7, 11) is -4.12. The van der Waals surface area contributed by atoms with Crippen LogP contribution in [-0.4, -0.2) is 31.7 Å². The van der Waals surface area contributed by atoms with E-state index in [4.69, 9.17) is 0 Å². The fraction of sp³-hybridized carbons (Fsp3) is 0.350. The Morgan fingerprint density at radius 1 is 1.10 bits per heavy atom. The number of alkyl halides is 3. The number of anilines is 1. The molecule has 5 nitrogen and oxygen atoms in total. The molecule has 0 aliphatic carbocycles. The lowest BCUT2D eigenvalue weighted by Crippen LogP contribution is -2.41. The van der Waals surface area contributed by atoms with Gasteiger partial charge in [0.25, 0.3) is 0 Å². The largest absolute Gasteiger partial charge is 0.416 e. The number of carbonyl (C=O) groups is 1. The van der Waals surface area contributed by atoms with Crippen LogP contribution in [0, 0.1) is 18.7 Å². The first-order chi connectivity index (χ1) is 14.0. The van der Waals surface area contributed by atoms with E-state index in [0.29, 0.717) is 6.07 Å². The zero-order valence-corrected chi connectivity index (χ0v) is 16.9. The molecule has 0 bridgehead atoms. The van der Waals surface area contributed by atoms with Gasteiger partial charge in [0, 0.05) is 19.0 Å². The van der Waals surface area contributed by atoms with Gasteiger partial charge in [0.05, 0.1) is 16.1 Å². The molecule has 1 heterocycles. The summed E-state index contributed by atoms with van der Waals surface area (Å²) in [6, 6.07) is 7.89. The lowest BCUT2D eigenvalue weighted by molar-refractivity contribution is -0.137. The number of hydrogen-bond donors (Lipinski definition) is 1. The molecule has 162 valence electrons. The van der Waals surface area contributed by atoms with E-state index >= 15 is 0 Å². The summed E-state index contributed by atoms with van der Waals surface area (Å²) in [5, 5.41) is 2.52. The molecule has 1 fully saturated rings.